The minimum absolute atomic E-state index is 0.0544. The van der Waals surface area contributed by atoms with E-state index >= 15 is 0 Å². The zero-order valence-corrected chi connectivity index (χ0v) is 14.3. The summed E-state index contributed by atoms with van der Waals surface area (Å²) in [5.74, 6) is -0.586. The summed E-state index contributed by atoms with van der Waals surface area (Å²) in [6, 6.07) is 15.4. The van der Waals surface area contributed by atoms with Crippen LogP contribution >= 0.6 is 0 Å². The molecule has 0 bridgehead atoms. The Morgan fingerprint density at radius 1 is 0.963 bits per heavy atom. The SMILES string of the molecule is Cc1ccccc1Nc1ccc(C(=O)Nc2cccc(C(F)(F)F)c2)nc1. The van der Waals surface area contributed by atoms with Crippen molar-refractivity contribution in [3.05, 3.63) is 83.7 Å². The van der Waals surface area contributed by atoms with Gasteiger partial charge in [-0.3, -0.25) is 4.79 Å². The molecule has 1 amide bonds. The highest BCUT2D eigenvalue weighted by molar-refractivity contribution is 6.03. The third kappa shape index (κ3) is 4.63. The van der Waals surface area contributed by atoms with E-state index in [9.17, 15) is 18.0 Å². The van der Waals surface area contributed by atoms with Gasteiger partial charge in [0, 0.05) is 11.4 Å². The Labute approximate surface area is 154 Å². The summed E-state index contributed by atoms with van der Waals surface area (Å²) >= 11 is 0. The van der Waals surface area contributed by atoms with Gasteiger partial charge < -0.3 is 10.6 Å². The van der Waals surface area contributed by atoms with Crippen molar-refractivity contribution < 1.29 is 18.0 Å². The normalized spacial score (nSPS) is 11.1. The molecule has 2 aromatic carbocycles. The van der Waals surface area contributed by atoms with Gasteiger partial charge in [-0.25, -0.2) is 4.98 Å². The molecule has 0 spiro atoms. The number of aromatic nitrogens is 1. The highest BCUT2D eigenvalue weighted by Gasteiger charge is 2.30. The number of carbonyl (C=O) groups excluding carboxylic acids is 1. The molecule has 3 rings (SSSR count). The maximum atomic E-state index is 12.7. The lowest BCUT2D eigenvalue weighted by Gasteiger charge is -2.11. The molecule has 0 aliphatic carbocycles. The van der Waals surface area contributed by atoms with Gasteiger partial charge in [0.25, 0.3) is 5.91 Å². The first-order chi connectivity index (χ1) is 12.8. The molecule has 0 saturated heterocycles. The molecule has 0 unspecified atom stereocenters. The lowest BCUT2D eigenvalue weighted by Crippen LogP contribution is -2.14. The van der Waals surface area contributed by atoms with Crippen LogP contribution in [-0.2, 0) is 6.18 Å². The number of benzene rings is 2. The number of aryl methyl sites for hydroxylation is 1. The Bertz CT molecular complexity index is 953. The van der Waals surface area contributed by atoms with Crippen LogP contribution in [0.1, 0.15) is 21.6 Å². The molecule has 2 N–H and O–H groups in total. The van der Waals surface area contributed by atoms with E-state index in [4.69, 9.17) is 0 Å². The Morgan fingerprint density at radius 3 is 2.41 bits per heavy atom. The number of nitrogens with zero attached hydrogens (tertiary/aromatic N) is 1. The molecule has 4 nitrogen and oxygen atoms in total. The van der Waals surface area contributed by atoms with E-state index in [1.807, 2.05) is 31.2 Å². The van der Waals surface area contributed by atoms with Crippen LogP contribution in [0.3, 0.4) is 0 Å². The van der Waals surface area contributed by atoms with Crippen molar-refractivity contribution in [2.75, 3.05) is 10.6 Å². The molecule has 7 heteroatoms. The van der Waals surface area contributed by atoms with Crippen molar-refractivity contribution in [1.29, 1.82) is 0 Å². The molecule has 0 radical (unpaired) electrons. The average molecular weight is 371 g/mol. The zero-order valence-electron chi connectivity index (χ0n) is 14.3. The first-order valence-corrected chi connectivity index (χ1v) is 8.10. The second-order valence-corrected chi connectivity index (χ2v) is 5.90. The van der Waals surface area contributed by atoms with Crippen molar-refractivity contribution >= 4 is 23.0 Å². The van der Waals surface area contributed by atoms with Crippen molar-refractivity contribution in [3.63, 3.8) is 0 Å². The largest absolute Gasteiger partial charge is 0.416 e. The van der Waals surface area contributed by atoms with Gasteiger partial charge >= 0.3 is 6.18 Å². The van der Waals surface area contributed by atoms with Gasteiger partial charge in [-0.1, -0.05) is 24.3 Å². The lowest BCUT2D eigenvalue weighted by molar-refractivity contribution is -0.137. The minimum atomic E-state index is -4.47. The van der Waals surface area contributed by atoms with Gasteiger partial charge in [0.2, 0.25) is 0 Å². The van der Waals surface area contributed by atoms with Crippen LogP contribution in [0, 0.1) is 6.92 Å². The average Bonchev–Trinajstić information content (AvgIpc) is 2.64. The number of pyridine rings is 1. The summed E-state index contributed by atoms with van der Waals surface area (Å²) in [6.07, 6.45) is -2.98. The quantitative estimate of drug-likeness (QED) is 0.645. The van der Waals surface area contributed by atoms with E-state index < -0.39 is 17.6 Å². The molecule has 1 heterocycles. The molecule has 0 aliphatic heterocycles. The maximum Gasteiger partial charge on any atom is 0.416 e. The number of halogens is 3. The number of carbonyl (C=O) groups is 1. The Morgan fingerprint density at radius 2 is 1.74 bits per heavy atom. The third-order valence-electron chi connectivity index (χ3n) is 3.87. The summed E-state index contributed by atoms with van der Waals surface area (Å²) in [7, 11) is 0. The highest BCUT2D eigenvalue weighted by Crippen LogP contribution is 2.30. The maximum absolute atomic E-state index is 12.7. The second kappa shape index (κ2) is 7.49. The number of nitrogens with one attached hydrogen (secondary N) is 2. The fraction of sp³-hybridized carbons (Fsp3) is 0.100. The lowest BCUT2D eigenvalue weighted by atomic mass is 10.2. The van der Waals surface area contributed by atoms with Crippen LogP contribution in [0.4, 0.5) is 30.2 Å². The molecular weight excluding hydrogens is 355 g/mol. The van der Waals surface area contributed by atoms with Crippen molar-refractivity contribution in [3.8, 4) is 0 Å². The Hall–Kier alpha value is -3.35. The summed E-state index contributed by atoms with van der Waals surface area (Å²) in [4.78, 5) is 16.3. The number of rotatable bonds is 4. The smallest absolute Gasteiger partial charge is 0.354 e. The molecule has 3 aromatic rings. The summed E-state index contributed by atoms with van der Waals surface area (Å²) in [6.45, 7) is 1.96. The van der Waals surface area contributed by atoms with Crippen LogP contribution in [-0.4, -0.2) is 10.9 Å². The number of hydrogen-bond acceptors (Lipinski definition) is 3. The number of alkyl halides is 3. The number of hydrogen-bond donors (Lipinski definition) is 2. The van der Waals surface area contributed by atoms with Gasteiger partial charge in [0.1, 0.15) is 5.69 Å². The number of para-hydroxylation sites is 1. The predicted molar refractivity (Wildman–Crippen MR) is 98.1 cm³/mol. The standard InChI is InChI=1S/C20H16F3N3O/c1-13-5-2-3-8-17(13)25-16-9-10-18(24-12-16)19(27)26-15-7-4-6-14(11-15)20(21,22)23/h2-12,25H,1H3,(H,26,27). The van der Waals surface area contributed by atoms with Gasteiger partial charge in [-0.2, -0.15) is 13.2 Å². The van der Waals surface area contributed by atoms with E-state index in [2.05, 4.69) is 15.6 Å². The fourth-order valence-corrected chi connectivity index (χ4v) is 2.44. The molecule has 0 fully saturated rings. The zero-order chi connectivity index (χ0) is 19.4. The molecule has 1 aromatic heterocycles. The first-order valence-electron chi connectivity index (χ1n) is 8.10. The van der Waals surface area contributed by atoms with Crippen LogP contribution in [0.25, 0.3) is 0 Å². The summed E-state index contributed by atoms with van der Waals surface area (Å²) in [5, 5.41) is 5.62. The topological polar surface area (TPSA) is 54.0 Å². The molecule has 0 atom stereocenters. The second-order valence-electron chi connectivity index (χ2n) is 5.90. The van der Waals surface area contributed by atoms with Gasteiger partial charge in [0.05, 0.1) is 17.4 Å². The fourth-order valence-electron chi connectivity index (χ4n) is 2.44. The van der Waals surface area contributed by atoms with E-state index in [0.29, 0.717) is 5.69 Å². The predicted octanol–water partition coefficient (Wildman–Crippen LogP) is 5.40. The molecule has 138 valence electrons. The van der Waals surface area contributed by atoms with Crippen molar-refractivity contribution in [2.45, 2.75) is 13.1 Å². The van der Waals surface area contributed by atoms with Crippen LogP contribution < -0.4 is 10.6 Å². The van der Waals surface area contributed by atoms with E-state index in [-0.39, 0.29) is 11.4 Å². The van der Waals surface area contributed by atoms with Crippen molar-refractivity contribution in [2.24, 2.45) is 0 Å². The molecule has 0 saturated carbocycles. The van der Waals surface area contributed by atoms with Crippen molar-refractivity contribution in [1.82, 2.24) is 4.98 Å². The third-order valence-corrected chi connectivity index (χ3v) is 3.87. The first kappa shape index (κ1) is 18.4. The number of anilines is 3. The van der Waals surface area contributed by atoms with Gasteiger partial charge in [-0.15, -0.1) is 0 Å². The number of amides is 1. The Kier molecular flexibility index (Phi) is 5.12. The Balaban J connectivity index is 1.70. The minimum Gasteiger partial charge on any atom is -0.354 e. The van der Waals surface area contributed by atoms with Crippen LogP contribution in [0.2, 0.25) is 0 Å². The summed E-state index contributed by atoms with van der Waals surface area (Å²) in [5.41, 5.74) is 2.00. The van der Waals surface area contributed by atoms with E-state index in [1.165, 1.54) is 24.4 Å². The van der Waals surface area contributed by atoms with Gasteiger partial charge in [0.15, 0.2) is 0 Å². The molecular formula is C20H16F3N3O. The van der Waals surface area contributed by atoms with E-state index in [1.54, 1.807) is 6.07 Å². The van der Waals surface area contributed by atoms with Crippen LogP contribution in [0.5, 0.6) is 0 Å². The van der Waals surface area contributed by atoms with Gasteiger partial charge in [-0.05, 0) is 48.9 Å². The highest BCUT2D eigenvalue weighted by atomic mass is 19.4. The molecule has 27 heavy (non-hydrogen) atoms. The summed E-state index contributed by atoms with van der Waals surface area (Å²) < 4.78 is 38.2. The van der Waals surface area contributed by atoms with E-state index in [0.717, 1.165) is 23.4 Å². The monoisotopic (exact) mass is 371 g/mol. The molecule has 0 aliphatic rings. The van der Waals surface area contributed by atoms with Crippen LogP contribution in [0.15, 0.2) is 66.9 Å².